The van der Waals surface area contributed by atoms with Crippen molar-refractivity contribution in [2.24, 2.45) is 11.3 Å². The normalized spacial score (nSPS) is 32.2. The third-order valence-electron chi connectivity index (χ3n) is 4.80. The van der Waals surface area contributed by atoms with Crippen LogP contribution in [0.2, 0.25) is 0 Å². The molecule has 0 aromatic heterocycles. The molecule has 0 radical (unpaired) electrons. The van der Waals surface area contributed by atoms with Crippen LogP contribution in [0.1, 0.15) is 12.8 Å². The highest BCUT2D eigenvalue weighted by molar-refractivity contribution is 5.87. The number of rotatable bonds is 12. The largest absolute Gasteiger partial charge is 0.481 e. The number of aliphatic carboxylic acids is 2. The van der Waals surface area contributed by atoms with Crippen molar-refractivity contribution in [1.29, 1.82) is 0 Å². The zero-order chi connectivity index (χ0) is 18.6. The molecule has 0 aromatic carbocycles. The van der Waals surface area contributed by atoms with Gasteiger partial charge in [-0.15, -0.1) is 0 Å². The van der Waals surface area contributed by atoms with Crippen molar-refractivity contribution < 1.29 is 38.7 Å². The minimum Gasteiger partial charge on any atom is -0.481 e. The van der Waals surface area contributed by atoms with Gasteiger partial charge in [0.2, 0.25) is 0 Å². The molecule has 4 atom stereocenters. The third kappa shape index (κ3) is 4.91. The molecular weight excluding hydrogens is 344 g/mol. The number of hydrogen-bond acceptors (Lipinski definition) is 6. The summed E-state index contributed by atoms with van der Waals surface area (Å²) in [7, 11) is 0. The Morgan fingerprint density at radius 3 is 2.27 bits per heavy atom. The molecule has 2 fully saturated rings. The summed E-state index contributed by atoms with van der Waals surface area (Å²) in [5, 5.41) is 19.3. The summed E-state index contributed by atoms with van der Waals surface area (Å²) in [5.74, 6) is -3.47. The maximum atomic E-state index is 11.9. The van der Waals surface area contributed by atoms with Crippen LogP contribution < -0.4 is 0 Å². The molecule has 26 heavy (non-hydrogen) atoms. The van der Waals surface area contributed by atoms with Crippen molar-refractivity contribution in [1.82, 2.24) is 0 Å². The fourth-order valence-electron chi connectivity index (χ4n) is 2.98. The standard InChI is InChI=1S/C18H24O8/c19-16(20)15-7-12(2-5-23-8-13-10-25-13)1-3-18(15,17(21)22)4-6-24-9-14-11-26-14/h1,3,7,13-15H,2,4-6,8-11H2,(H,19,20)(H,21,22). The Kier molecular flexibility index (Phi) is 6.08. The van der Waals surface area contributed by atoms with E-state index >= 15 is 0 Å². The van der Waals surface area contributed by atoms with Crippen molar-refractivity contribution in [2.45, 2.75) is 25.0 Å². The van der Waals surface area contributed by atoms with Crippen LogP contribution in [-0.2, 0) is 28.5 Å². The molecule has 8 nitrogen and oxygen atoms in total. The molecule has 2 aliphatic heterocycles. The summed E-state index contributed by atoms with van der Waals surface area (Å²) in [6.45, 7) is 2.91. The molecule has 4 unspecified atom stereocenters. The average molecular weight is 368 g/mol. The molecule has 144 valence electrons. The van der Waals surface area contributed by atoms with Gasteiger partial charge in [-0.05, 0) is 18.4 Å². The van der Waals surface area contributed by atoms with E-state index in [0.717, 1.165) is 12.2 Å². The first kappa shape index (κ1) is 19.0. The van der Waals surface area contributed by atoms with E-state index in [2.05, 4.69) is 0 Å². The molecule has 2 heterocycles. The lowest BCUT2D eigenvalue weighted by atomic mass is 9.69. The van der Waals surface area contributed by atoms with Crippen LogP contribution in [0.15, 0.2) is 23.8 Å². The Hall–Kier alpha value is -1.74. The van der Waals surface area contributed by atoms with Crippen LogP contribution in [-0.4, -0.2) is 74.0 Å². The van der Waals surface area contributed by atoms with E-state index in [1.165, 1.54) is 12.2 Å². The van der Waals surface area contributed by atoms with Crippen molar-refractivity contribution in [3.63, 3.8) is 0 Å². The van der Waals surface area contributed by atoms with Crippen LogP contribution in [0.3, 0.4) is 0 Å². The highest BCUT2D eigenvalue weighted by Crippen LogP contribution is 2.40. The summed E-state index contributed by atoms with van der Waals surface area (Å²) in [5.41, 5.74) is -0.749. The van der Waals surface area contributed by atoms with Gasteiger partial charge in [-0.25, -0.2) is 0 Å². The number of allylic oxidation sites excluding steroid dienone is 1. The topological polar surface area (TPSA) is 118 Å². The Bertz CT molecular complexity index is 590. The number of ether oxygens (including phenoxy) is 4. The van der Waals surface area contributed by atoms with Gasteiger partial charge in [0, 0.05) is 6.61 Å². The second-order valence-corrected chi connectivity index (χ2v) is 6.80. The molecule has 0 bridgehead atoms. The Morgan fingerprint density at radius 1 is 1.12 bits per heavy atom. The molecule has 1 aliphatic carbocycles. The molecule has 0 aromatic rings. The summed E-state index contributed by atoms with van der Waals surface area (Å²) in [4.78, 5) is 23.7. The molecule has 2 saturated heterocycles. The molecule has 0 spiro atoms. The fraction of sp³-hybridized carbons (Fsp3) is 0.667. The first-order valence-corrected chi connectivity index (χ1v) is 8.76. The highest BCUT2D eigenvalue weighted by atomic mass is 16.6. The third-order valence-corrected chi connectivity index (χ3v) is 4.80. The summed E-state index contributed by atoms with van der Waals surface area (Å²) < 4.78 is 21.0. The van der Waals surface area contributed by atoms with Crippen LogP contribution in [0, 0.1) is 11.3 Å². The van der Waals surface area contributed by atoms with Gasteiger partial charge in [-0.3, -0.25) is 9.59 Å². The molecule has 3 rings (SSSR count). The number of carboxylic acid groups (broad SMARTS) is 2. The van der Waals surface area contributed by atoms with Crippen molar-refractivity contribution >= 4 is 11.9 Å². The van der Waals surface area contributed by atoms with Gasteiger partial charge in [0.05, 0.1) is 39.0 Å². The van der Waals surface area contributed by atoms with E-state index in [1.54, 1.807) is 6.08 Å². The molecule has 3 aliphatic rings. The predicted octanol–water partition coefficient (Wildman–Crippen LogP) is 0.865. The Morgan fingerprint density at radius 2 is 1.73 bits per heavy atom. The fourth-order valence-corrected chi connectivity index (χ4v) is 2.98. The molecule has 0 saturated carbocycles. The van der Waals surface area contributed by atoms with E-state index in [-0.39, 0.29) is 25.2 Å². The monoisotopic (exact) mass is 368 g/mol. The molecule has 2 N–H and O–H groups in total. The van der Waals surface area contributed by atoms with Gasteiger partial charge in [-0.1, -0.05) is 18.2 Å². The predicted molar refractivity (Wildman–Crippen MR) is 88.8 cm³/mol. The van der Waals surface area contributed by atoms with Gasteiger partial charge in [0.25, 0.3) is 0 Å². The molecule has 0 amide bonds. The first-order chi connectivity index (χ1) is 12.5. The Balaban J connectivity index is 1.58. The van der Waals surface area contributed by atoms with E-state index in [0.29, 0.717) is 32.8 Å². The van der Waals surface area contributed by atoms with Gasteiger partial charge in [-0.2, -0.15) is 0 Å². The number of carboxylic acids is 2. The second-order valence-electron chi connectivity index (χ2n) is 6.80. The summed E-state index contributed by atoms with van der Waals surface area (Å²) in [6, 6.07) is 0. The van der Waals surface area contributed by atoms with Crippen LogP contribution in [0.25, 0.3) is 0 Å². The van der Waals surface area contributed by atoms with Crippen molar-refractivity contribution in [3.8, 4) is 0 Å². The minimum absolute atomic E-state index is 0.0838. The maximum Gasteiger partial charge on any atom is 0.314 e. The van der Waals surface area contributed by atoms with Crippen molar-refractivity contribution in [2.75, 3.05) is 39.6 Å². The van der Waals surface area contributed by atoms with Crippen LogP contribution in [0.4, 0.5) is 0 Å². The average Bonchev–Trinajstić information content (AvgIpc) is 3.51. The quantitative estimate of drug-likeness (QED) is 0.385. The zero-order valence-electron chi connectivity index (χ0n) is 14.5. The molecular formula is C18H24O8. The second kappa shape index (κ2) is 8.30. The van der Waals surface area contributed by atoms with Gasteiger partial charge < -0.3 is 29.2 Å². The lowest BCUT2D eigenvalue weighted by Gasteiger charge is -2.33. The van der Waals surface area contributed by atoms with E-state index < -0.39 is 23.3 Å². The lowest BCUT2D eigenvalue weighted by molar-refractivity contribution is -0.158. The summed E-state index contributed by atoms with van der Waals surface area (Å²) >= 11 is 0. The van der Waals surface area contributed by atoms with Crippen molar-refractivity contribution in [3.05, 3.63) is 23.8 Å². The van der Waals surface area contributed by atoms with E-state index in [9.17, 15) is 19.8 Å². The summed E-state index contributed by atoms with van der Waals surface area (Å²) in [6.07, 6.45) is 5.58. The zero-order valence-corrected chi connectivity index (χ0v) is 14.5. The van der Waals surface area contributed by atoms with E-state index in [4.69, 9.17) is 18.9 Å². The smallest absolute Gasteiger partial charge is 0.314 e. The number of epoxide rings is 2. The SMILES string of the molecule is O=C(O)C1C=C(CCOCC2CO2)C=CC1(CCOCC1CO1)C(=O)O. The van der Waals surface area contributed by atoms with Crippen LogP contribution >= 0.6 is 0 Å². The van der Waals surface area contributed by atoms with E-state index in [1.807, 2.05) is 0 Å². The van der Waals surface area contributed by atoms with Gasteiger partial charge in [0.15, 0.2) is 0 Å². The minimum atomic E-state index is -1.51. The Labute approximate surface area is 151 Å². The maximum absolute atomic E-state index is 11.9. The highest BCUT2D eigenvalue weighted by Gasteiger charge is 2.48. The van der Waals surface area contributed by atoms with Gasteiger partial charge in [0.1, 0.15) is 17.6 Å². The first-order valence-electron chi connectivity index (χ1n) is 8.76. The van der Waals surface area contributed by atoms with Crippen LogP contribution in [0.5, 0.6) is 0 Å². The molecule has 8 heteroatoms. The lowest BCUT2D eigenvalue weighted by Crippen LogP contribution is -2.42. The van der Waals surface area contributed by atoms with Gasteiger partial charge >= 0.3 is 11.9 Å². The number of hydrogen-bond donors (Lipinski definition) is 2. The number of carbonyl (C=O) groups is 2.